The van der Waals surface area contributed by atoms with E-state index < -0.39 is 0 Å². The molecule has 27 heavy (non-hydrogen) atoms. The Morgan fingerprint density at radius 1 is 1.04 bits per heavy atom. The van der Waals surface area contributed by atoms with E-state index in [1.165, 1.54) is 0 Å². The molecule has 2 aromatic carbocycles. The molecule has 140 valence electrons. The van der Waals surface area contributed by atoms with Crippen molar-refractivity contribution in [3.63, 3.8) is 0 Å². The summed E-state index contributed by atoms with van der Waals surface area (Å²) in [5.74, 6) is -0.426. The van der Waals surface area contributed by atoms with Gasteiger partial charge in [0.15, 0.2) is 0 Å². The van der Waals surface area contributed by atoms with Crippen molar-refractivity contribution >= 4 is 22.8 Å². The number of aromatic nitrogens is 2. The number of aryl methyl sites for hydroxylation is 3. The molecule has 1 aromatic heterocycles. The van der Waals surface area contributed by atoms with Gasteiger partial charge in [-0.25, -0.2) is 4.98 Å². The first kappa shape index (κ1) is 18.6. The van der Waals surface area contributed by atoms with Crippen LogP contribution < -0.4 is 10.6 Å². The van der Waals surface area contributed by atoms with E-state index in [0.29, 0.717) is 12.1 Å². The summed E-state index contributed by atoms with van der Waals surface area (Å²) in [5, 5.41) is 5.50. The van der Waals surface area contributed by atoms with E-state index in [1.807, 2.05) is 62.6 Å². The highest BCUT2D eigenvalue weighted by molar-refractivity contribution is 5.96. The SMILES string of the molecule is Cc1cc(C)cc(C(=O)NCC(=O)NCCCn2cnc3ccccc32)c1. The molecule has 0 saturated carbocycles. The standard InChI is InChI=1S/C21H24N4O2/c1-15-10-16(2)12-17(11-15)21(27)23-13-20(26)22-8-5-9-25-14-24-18-6-3-4-7-19(18)25/h3-4,6-7,10-12,14H,5,8-9,13H2,1-2H3,(H,22,26)(H,23,27). The third kappa shape index (κ3) is 4.94. The number of hydrogen-bond donors (Lipinski definition) is 2. The molecule has 0 spiro atoms. The van der Waals surface area contributed by atoms with Gasteiger partial charge in [-0.05, 0) is 44.5 Å². The Hall–Kier alpha value is -3.15. The molecule has 0 fully saturated rings. The number of hydrogen-bond acceptors (Lipinski definition) is 3. The number of para-hydroxylation sites is 2. The Morgan fingerprint density at radius 3 is 2.56 bits per heavy atom. The summed E-state index contributed by atoms with van der Waals surface area (Å²) in [7, 11) is 0. The zero-order chi connectivity index (χ0) is 19.2. The number of rotatable bonds is 7. The molecule has 3 rings (SSSR count). The predicted molar refractivity (Wildman–Crippen MR) is 106 cm³/mol. The normalized spacial score (nSPS) is 10.7. The lowest BCUT2D eigenvalue weighted by atomic mass is 10.1. The van der Waals surface area contributed by atoms with Crippen molar-refractivity contribution in [2.45, 2.75) is 26.8 Å². The molecule has 0 bridgehead atoms. The Kier molecular flexibility index (Phi) is 5.86. The van der Waals surface area contributed by atoms with E-state index in [9.17, 15) is 9.59 Å². The van der Waals surface area contributed by atoms with Gasteiger partial charge in [0.25, 0.3) is 5.91 Å². The Labute approximate surface area is 158 Å². The summed E-state index contributed by atoms with van der Waals surface area (Å²) in [5.41, 5.74) is 4.68. The fourth-order valence-electron chi connectivity index (χ4n) is 3.10. The lowest BCUT2D eigenvalue weighted by molar-refractivity contribution is -0.120. The number of carbonyl (C=O) groups is 2. The maximum absolute atomic E-state index is 12.2. The summed E-state index contributed by atoms with van der Waals surface area (Å²) in [6, 6.07) is 13.6. The number of nitrogens with zero attached hydrogens (tertiary/aromatic N) is 2. The monoisotopic (exact) mass is 364 g/mol. The number of fused-ring (bicyclic) bond motifs is 1. The van der Waals surface area contributed by atoms with Gasteiger partial charge in [0.05, 0.1) is 23.9 Å². The van der Waals surface area contributed by atoms with Crippen molar-refractivity contribution in [3.05, 3.63) is 65.5 Å². The van der Waals surface area contributed by atoms with Gasteiger partial charge in [0.2, 0.25) is 5.91 Å². The largest absolute Gasteiger partial charge is 0.355 e. The molecular formula is C21H24N4O2. The molecule has 0 aliphatic heterocycles. The second-order valence-corrected chi connectivity index (χ2v) is 6.69. The molecule has 0 unspecified atom stereocenters. The van der Waals surface area contributed by atoms with Crippen molar-refractivity contribution in [1.82, 2.24) is 20.2 Å². The molecule has 2 amide bonds. The van der Waals surface area contributed by atoms with E-state index in [2.05, 4.69) is 20.2 Å². The van der Waals surface area contributed by atoms with Gasteiger partial charge < -0.3 is 15.2 Å². The predicted octanol–water partition coefficient (Wildman–Crippen LogP) is 2.59. The topological polar surface area (TPSA) is 76.0 Å². The van der Waals surface area contributed by atoms with Crippen molar-refractivity contribution in [2.75, 3.05) is 13.1 Å². The zero-order valence-corrected chi connectivity index (χ0v) is 15.7. The van der Waals surface area contributed by atoms with Gasteiger partial charge in [0.1, 0.15) is 0 Å². The molecule has 0 atom stereocenters. The molecule has 2 N–H and O–H groups in total. The molecule has 3 aromatic rings. The van der Waals surface area contributed by atoms with Crippen molar-refractivity contribution in [3.8, 4) is 0 Å². The van der Waals surface area contributed by atoms with Crippen LogP contribution in [0.1, 0.15) is 27.9 Å². The Balaban J connectivity index is 1.40. The third-order valence-electron chi connectivity index (χ3n) is 4.32. The molecule has 0 radical (unpaired) electrons. The second kappa shape index (κ2) is 8.49. The number of amides is 2. The van der Waals surface area contributed by atoms with Crippen LogP contribution in [0.3, 0.4) is 0 Å². The van der Waals surface area contributed by atoms with Crippen molar-refractivity contribution < 1.29 is 9.59 Å². The van der Waals surface area contributed by atoms with Crippen LogP contribution in [-0.4, -0.2) is 34.5 Å². The first-order chi connectivity index (χ1) is 13.0. The van der Waals surface area contributed by atoms with E-state index in [-0.39, 0.29) is 18.4 Å². The average molecular weight is 364 g/mol. The maximum Gasteiger partial charge on any atom is 0.251 e. The highest BCUT2D eigenvalue weighted by Gasteiger charge is 2.09. The van der Waals surface area contributed by atoms with Crippen LogP contribution in [0, 0.1) is 13.8 Å². The van der Waals surface area contributed by atoms with Crippen LogP contribution >= 0.6 is 0 Å². The first-order valence-electron chi connectivity index (χ1n) is 9.06. The van der Waals surface area contributed by atoms with Crippen LogP contribution in [0.15, 0.2) is 48.8 Å². The highest BCUT2D eigenvalue weighted by atomic mass is 16.2. The van der Waals surface area contributed by atoms with Gasteiger partial charge in [-0.2, -0.15) is 0 Å². The van der Waals surface area contributed by atoms with Crippen molar-refractivity contribution in [1.29, 1.82) is 0 Å². The highest BCUT2D eigenvalue weighted by Crippen LogP contribution is 2.12. The van der Waals surface area contributed by atoms with Crippen LogP contribution in [0.4, 0.5) is 0 Å². The summed E-state index contributed by atoms with van der Waals surface area (Å²) >= 11 is 0. The van der Waals surface area contributed by atoms with Crippen LogP contribution in [0.2, 0.25) is 0 Å². The summed E-state index contributed by atoms with van der Waals surface area (Å²) < 4.78 is 2.07. The van der Waals surface area contributed by atoms with Gasteiger partial charge in [-0.1, -0.05) is 29.3 Å². The third-order valence-corrected chi connectivity index (χ3v) is 4.32. The summed E-state index contributed by atoms with van der Waals surface area (Å²) in [4.78, 5) is 28.5. The summed E-state index contributed by atoms with van der Waals surface area (Å²) in [6.45, 7) is 5.18. The van der Waals surface area contributed by atoms with Gasteiger partial charge >= 0.3 is 0 Å². The molecule has 6 nitrogen and oxygen atoms in total. The second-order valence-electron chi connectivity index (χ2n) is 6.69. The van der Waals surface area contributed by atoms with Gasteiger partial charge in [0, 0.05) is 18.7 Å². The van der Waals surface area contributed by atoms with Crippen LogP contribution in [0.25, 0.3) is 11.0 Å². The van der Waals surface area contributed by atoms with Gasteiger partial charge in [-0.3, -0.25) is 9.59 Å². The smallest absolute Gasteiger partial charge is 0.251 e. The van der Waals surface area contributed by atoms with E-state index in [0.717, 1.165) is 35.1 Å². The Bertz CT molecular complexity index is 941. The molecule has 1 heterocycles. The lowest BCUT2D eigenvalue weighted by Gasteiger charge is -2.09. The van der Waals surface area contributed by atoms with E-state index in [1.54, 1.807) is 0 Å². The van der Waals surface area contributed by atoms with Crippen LogP contribution in [-0.2, 0) is 11.3 Å². The number of imidazole rings is 1. The minimum Gasteiger partial charge on any atom is -0.355 e. The van der Waals surface area contributed by atoms with E-state index >= 15 is 0 Å². The average Bonchev–Trinajstić information content (AvgIpc) is 3.05. The quantitative estimate of drug-likeness (QED) is 0.633. The van der Waals surface area contributed by atoms with E-state index in [4.69, 9.17) is 0 Å². The lowest BCUT2D eigenvalue weighted by Crippen LogP contribution is -2.37. The molecular weight excluding hydrogens is 340 g/mol. The van der Waals surface area contributed by atoms with Crippen LogP contribution in [0.5, 0.6) is 0 Å². The molecule has 0 aliphatic carbocycles. The minimum absolute atomic E-state index is 0.0279. The Morgan fingerprint density at radius 2 is 1.78 bits per heavy atom. The molecule has 6 heteroatoms. The molecule has 0 aliphatic rings. The number of nitrogens with one attached hydrogen (secondary N) is 2. The molecule has 0 saturated heterocycles. The fourth-order valence-corrected chi connectivity index (χ4v) is 3.10. The zero-order valence-electron chi connectivity index (χ0n) is 15.7. The summed E-state index contributed by atoms with van der Waals surface area (Å²) in [6.07, 6.45) is 2.60. The maximum atomic E-state index is 12.2. The van der Waals surface area contributed by atoms with Crippen molar-refractivity contribution in [2.24, 2.45) is 0 Å². The number of carbonyl (C=O) groups excluding carboxylic acids is 2. The minimum atomic E-state index is -0.234. The first-order valence-corrected chi connectivity index (χ1v) is 9.06. The fraction of sp³-hybridized carbons (Fsp3) is 0.286. The van der Waals surface area contributed by atoms with Gasteiger partial charge in [-0.15, -0.1) is 0 Å². The number of benzene rings is 2.